The maximum absolute atomic E-state index is 10.4. The number of nitrogens with zero attached hydrogens (tertiary/aromatic N) is 1. The molecule has 1 aliphatic heterocycles. The maximum Gasteiger partial charge on any atom is 0.303 e. The summed E-state index contributed by atoms with van der Waals surface area (Å²) in [6.07, 6.45) is 3.45. The van der Waals surface area contributed by atoms with Crippen molar-refractivity contribution in [2.45, 2.75) is 25.7 Å². The summed E-state index contributed by atoms with van der Waals surface area (Å²) in [6, 6.07) is 8.39. The van der Waals surface area contributed by atoms with Gasteiger partial charge in [0.2, 0.25) is 0 Å². The Bertz CT molecular complexity index is 383. The molecule has 0 saturated carbocycles. The summed E-state index contributed by atoms with van der Waals surface area (Å²) in [5.41, 5.74) is 2.34. The lowest BCUT2D eigenvalue weighted by molar-refractivity contribution is -0.137. The van der Waals surface area contributed by atoms with Crippen LogP contribution in [0.3, 0.4) is 0 Å². The average molecular weight is 248 g/mol. The SMILES string of the molecule is O=C(O)CCCNc1ccc(N2CCCC2)cc1. The Morgan fingerprint density at radius 3 is 2.50 bits per heavy atom. The van der Waals surface area contributed by atoms with Crippen molar-refractivity contribution in [3.05, 3.63) is 24.3 Å². The van der Waals surface area contributed by atoms with Crippen LogP contribution in [0.2, 0.25) is 0 Å². The highest BCUT2D eigenvalue weighted by atomic mass is 16.4. The van der Waals surface area contributed by atoms with Gasteiger partial charge in [-0.3, -0.25) is 4.79 Å². The van der Waals surface area contributed by atoms with Crippen LogP contribution in [0.25, 0.3) is 0 Å². The molecular formula is C14H20N2O2. The van der Waals surface area contributed by atoms with E-state index in [4.69, 9.17) is 5.11 Å². The molecule has 0 spiro atoms. The number of rotatable bonds is 6. The highest BCUT2D eigenvalue weighted by molar-refractivity contribution is 5.66. The highest BCUT2D eigenvalue weighted by Crippen LogP contribution is 2.21. The zero-order valence-corrected chi connectivity index (χ0v) is 10.6. The highest BCUT2D eigenvalue weighted by Gasteiger charge is 2.11. The van der Waals surface area contributed by atoms with Crippen LogP contribution in [-0.2, 0) is 4.79 Å². The molecular weight excluding hydrogens is 228 g/mol. The standard InChI is InChI=1S/C14H20N2O2/c17-14(18)4-3-9-15-12-5-7-13(8-6-12)16-10-1-2-11-16/h5-8,15H,1-4,9-11H2,(H,17,18). The first-order chi connectivity index (χ1) is 8.75. The van der Waals surface area contributed by atoms with Crippen LogP contribution in [0.4, 0.5) is 11.4 Å². The molecule has 0 unspecified atom stereocenters. The summed E-state index contributed by atoms with van der Waals surface area (Å²) < 4.78 is 0. The largest absolute Gasteiger partial charge is 0.481 e. The van der Waals surface area contributed by atoms with E-state index in [1.165, 1.54) is 18.5 Å². The third-order valence-electron chi connectivity index (χ3n) is 3.24. The fourth-order valence-electron chi connectivity index (χ4n) is 2.24. The quantitative estimate of drug-likeness (QED) is 0.760. The van der Waals surface area contributed by atoms with Crippen molar-refractivity contribution in [1.29, 1.82) is 0 Å². The van der Waals surface area contributed by atoms with E-state index in [1.807, 2.05) is 0 Å². The predicted octanol–water partition coefficient (Wildman–Crippen LogP) is 2.56. The summed E-state index contributed by atoms with van der Waals surface area (Å²) in [6.45, 7) is 3.02. The molecule has 0 atom stereocenters. The fourth-order valence-corrected chi connectivity index (χ4v) is 2.24. The summed E-state index contributed by atoms with van der Waals surface area (Å²) >= 11 is 0. The number of carbonyl (C=O) groups is 1. The molecule has 1 aliphatic rings. The second-order valence-corrected chi connectivity index (χ2v) is 4.67. The topological polar surface area (TPSA) is 52.6 Å². The molecule has 2 N–H and O–H groups in total. The first-order valence-corrected chi connectivity index (χ1v) is 6.56. The third kappa shape index (κ3) is 3.65. The molecule has 0 amide bonds. The van der Waals surface area contributed by atoms with E-state index in [0.29, 0.717) is 13.0 Å². The summed E-state index contributed by atoms with van der Waals surface area (Å²) in [5, 5.41) is 11.8. The van der Waals surface area contributed by atoms with Gasteiger partial charge in [-0.15, -0.1) is 0 Å². The van der Waals surface area contributed by atoms with Gasteiger partial charge in [-0.25, -0.2) is 0 Å². The lowest BCUT2D eigenvalue weighted by Crippen LogP contribution is -2.17. The van der Waals surface area contributed by atoms with Crippen LogP contribution in [-0.4, -0.2) is 30.7 Å². The van der Waals surface area contributed by atoms with Gasteiger partial charge in [0.25, 0.3) is 0 Å². The molecule has 1 saturated heterocycles. The van der Waals surface area contributed by atoms with Gasteiger partial charge >= 0.3 is 5.97 Å². The molecule has 0 aromatic heterocycles. The molecule has 0 radical (unpaired) electrons. The molecule has 0 aliphatic carbocycles. The number of benzene rings is 1. The Morgan fingerprint density at radius 1 is 1.22 bits per heavy atom. The zero-order valence-electron chi connectivity index (χ0n) is 10.6. The summed E-state index contributed by atoms with van der Waals surface area (Å²) in [4.78, 5) is 12.8. The van der Waals surface area contributed by atoms with Crippen molar-refractivity contribution in [2.24, 2.45) is 0 Å². The number of anilines is 2. The minimum absolute atomic E-state index is 0.221. The number of nitrogens with one attached hydrogen (secondary N) is 1. The van der Waals surface area contributed by atoms with Crippen molar-refractivity contribution < 1.29 is 9.90 Å². The van der Waals surface area contributed by atoms with Crippen molar-refractivity contribution >= 4 is 17.3 Å². The first-order valence-electron chi connectivity index (χ1n) is 6.56. The van der Waals surface area contributed by atoms with Crippen molar-refractivity contribution in [1.82, 2.24) is 0 Å². The van der Waals surface area contributed by atoms with E-state index >= 15 is 0 Å². The zero-order chi connectivity index (χ0) is 12.8. The molecule has 98 valence electrons. The van der Waals surface area contributed by atoms with E-state index in [9.17, 15) is 4.79 Å². The van der Waals surface area contributed by atoms with E-state index < -0.39 is 5.97 Å². The molecule has 2 rings (SSSR count). The molecule has 1 fully saturated rings. The predicted molar refractivity (Wildman–Crippen MR) is 73.2 cm³/mol. The van der Waals surface area contributed by atoms with E-state index in [1.54, 1.807) is 0 Å². The molecule has 0 bridgehead atoms. The van der Waals surface area contributed by atoms with Gasteiger partial charge in [0, 0.05) is 37.4 Å². The Morgan fingerprint density at radius 2 is 1.89 bits per heavy atom. The smallest absolute Gasteiger partial charge is 0.303 e. The van der Waals surface area contributed by atoms with Gasteiger partial charge in [0.1, 0.15) is 0 Å². The van der Waals surface area contributed by atoms with Crippen LogP contribution in [0, 0.1) is 0 Å². The Labute approximate surface area is 108 Å². The van der Waals surface area contributed by atoms with E-state index in [2.05, 4.69) is 34.5 Å². The number of carboxylic acid groups (broad SMARTS) is 1. The normalized spacial score (nSPS) is 14.8. The van der Waals surface area contributed by atoms with Crippen LogP contribution in [0.15, 0.2) is 24.3 Å². The lowest BCUT2D eigenvalue weighted by Gasteiger charge is -2.17. The minimum Gasteiger partial charge on any atom is -0.481 e. The molecule has 4 heteroatoms. The minimum atomic E-state index is -0.735. The number of aliphatic carboxylic acids is 1. The number of carboxylic acids is 1. The van der Waals surface area contributed by atoms with Gasteiger partial charge in [0.05, 0.1) is 0 Å². The lowest BCUT2D eigenvalue weighted by atomic mass is 10.2. The van der Waals surface area contributed by atoms with Crippen molar-refractivity contribution in [3.63, 3.8) is 0 Å². The average Bonchev–Trinajstić information content (AvgIpc) is 2.89. The number of hydrogen-bond donors (Lipinski definition) is 2. The van der Waals surface area contributed by atoms with Crippen LogP contribution in [0.5, 0.6) is 0 Å². The van der Waals surface area contributed by atoms with Gasteiger partial charge in [-0.05, 0) is 43.5 Å². The third-order valence-corrected chi connectivity index (χ3v) is 3.24. The molecule has 18 heavy (non-hydrogen) atoms. The monoisotopic (exact) mass is 248 g/mol. The maximum atomic E-state index is 10.4. The summed E-state index contributed by atoms with van der Waals surface area (Å²) in [5.74, 6) is -0.735. The fraction of sp³-hybridized carbons (Fsp3) is 0.500. The Balaban J connectivity index is 1.78. The molecule has 4 nitrogen and oxygen atoms in total. The van der Waals surface area contributed by atoms with E-state index in [0.717, 1.165) is 18.8 Å². The first kappa shape index (κ1) is 12.7. The Kier molecular flexibility index (Phi) is 4.45. The molecule has 1 aromatic rings. The molecule has 1 heterocycles. The van der Waals surface area contributed by atoms with Gasteiger partial charge in [0.15, 0.2) is 0 Å². The van der Waals surface area contributed by atoms with Crippen LogP contribution >= 0.6 is 0 Å². The van der Waals surface area contributed by atoms with Crippen molar-refractivity contribution in [2.75, 3.05) is 29.9 Å². The second-order valence-electron chi connectivity index (χ2n) is 4.67. The van der Waals surface area contributed by atoms with Crippen LogP contribution in [0.1, 0.15) is 25.7 Å². The summed E-state index contributed by atoms with van der Waals surface area (Å²) in [7, 11) is 0. The van der Waals surface area contributed by atoms with E-state index in [-0.39, 0.29) is 6.42 Å². The van der Waals surface area contributed by atoms with Gasteiger partial charge in [-0.1, -0.05) is 0 Å². The number of hydrogen-bond acceptors (Lipinski definition) is 3. The van der Waals surface area contributed by atoms with Crippen molar-refractivity contribution in [3.8, 4) is 0 Å². The second kappa shape index (κ2) is 6.28. The Hall–Kier alpha value is -1.71. The van der Waals surface area contributed by atoms with Crippen LogP contribution < -0.4 is 10.2 Å². The molecule has 1 aromatic carbocycles. The van der Waals surface area contributed by atoms with Gasteiger partial charge in [-0.2, -0.15) is 0 Å². The van der Waals surface area contributed by atoms with Gasteiger partial charge < -0.3 is 15.3 Å².